The molecule has 0 aliphatic heterocycles. The summed E-state index contributed by atoms with van der Waals surface area (Å²) in [5.74, 6) is -0.0918. The van der Waals surface area contributed by atoms with Gasteiger partial charge in [0, 0.05) is 6.54 Å². The second kappa shape index (κ2) is 3.65. The number of hydrogen-bond acceptors (Lipinski definition) is 2. The first-order valence-corrected chi connectivity index (χ1v) is 4.11. The summed E-state index contributed by atoms with van der Waals surface area (Å²) in [6.45, 7) is 4.22. The second-order valence-electron chi connectivity index (χ2n) is 2.91. The molecule has 1 N–H and O–H groups in total. The van der Waals surface area contributed by atoms with Crippen molar-refractivity contribution >= 4 is 11.7 Å². The van der Waals surface area contributed by atoms with Gasteiger partial charge in [-0.15, -0.1) is 0 Å². The fourth-order valence-electron chi connectivity index (χ4n) is 0.983. The van der Waals surface area contributed by atoms with Crippen molar-refractivity contribution in [2.75, 3.05) is 6.54 Å². The number of nitrogens with one attached hydrogen (secondary N) is 1. The van der Waals surface area contributed by atoms with Crippen LogP contribution in [-0.2, 0) is 4.79 Å². The number of amides is 1. The van der Waals surface area contributed by atoms with Crippen molar-refractivity contribution < 1.29 is 9.18 Å². The Morgan fingerprint density at radius 1 is 1.75 bits per heavy atom. The van der Waals surface area contributed by atoms with E-state index in [1.807, 2.05) is 6.92 Å². The Balaban J connectivity index is 2.31. The molecule has 1 aliphatic carbocycles. The first kappa shape index (κ1) is 9.16. The van der Waals surface area contributed by atoms with E-state index < -0.39 is 12.1 Å². The van der Waals surface area contributed by atoms with Crippen molar-refractivity contribution in [3.8, 4) is 0 Å². The average Bonchev–Trinajstić information content (AvgIpc) is 2.67. The summed E-state index contributed by atoms with van der Waals surface area (Å²) in [5.41, 5.74) is 0. The number of rotatable bonds is 2. The molecule has 0 spiro atoms. The highest BCUT2D eigenvalue weighted by Gasteiger charge is 2.43. The van der Waals surface area contributed by atoms with E-state index in [0.29, 0.717) is 18.8 Å². The summed E-state index contributed by atoms with van der Waals surface area (Å²) in [6.07, 6.45) is -0.565. The molecule has 0 aromatic rings. The second-order valence-corrected chi connectivity index (χ2v) is 2.91. The minimum absolute atomic E-state index is 0.239. The zero-order chi connectivity index (χ0) is 9.14. The zero-order valence-corrected chi connectivity index (χ0v) is 7.30. The monoisotopic (exact) mass is 172 g/mol. The lowest BCUT2D eigenvalue weighted by atomic mass is 10.4. The SMILES string of the molecule is CCN=C(C)NC(=O)[C@@H]1C[C@@H]1F. The van der Waals surface area contributed by atoms with Gasteiger partial charge in [0.1, 0.15) is 6.17 Å². The molecule has 0 aromatic carbocycles. The van der Waals surface area contributed by atoms with E-state index in [-0.39, 0.29) is 5.91 Å². The molecule has 2 atom stereocenters. The Morgan fingerprint density at radius 2 is 2.33 bits per heavy atom. The highest BCUT2D eigenvalue weighted by atomic mass is 19.1. The van der Waals surface area contributed by atoms with Crippen LogP contribution in [0.15, 0.2) is 4.99 Å². The Bertz CT molecular complexity index is 215. The lowest BCUT2D eigenvalue weighted by Crippen LogP contribution is -2.30. The normalized spacial score (nSPS) is 28.4. The minimum Gasteiger partial charge on any atom is -0.314 e. The maximum Gasteiger partial charge on any atom is 0.231 e. The Kier molecular flexibility index (Phi) is 2.78. The van der Waals surface area contributed by atoms with E-state index in [0.717, 1.165) is 0 Å². The topological polar surface area (TPSA) is 41.5 Å². The summed E-state index contributed by atoms with van der Waals surface area (Å²) in [6, 6.07) is 0. The highest BCUT2D eigenvalue weighted by molar-refractivity contribution is 5.99. The largest absolute Gasteiger partial charge is 0.314 e. The molecule has 1 saturated carbocycles. The van der Waals surface area contributed by atoms with Crippen molar-refractivity contribution in [1.29, 1.82) is 0 Å². The van der Waals surface area contributed by atoms with Crippen LogP contribution in [0.5, 0.6) is 0 Å². The number of carbonyl (C=O) groups is 1. The number of amidine groups is 1. The standard InChI is InChI=1S/C8H13FN2O/c1-3-10-5(2)11-8(12)6-4-7(6)9/h6-7H,3-4H2,1-2H3,(H,10,11,12)/t6-,7+/m1/s1. The quantitative estimate of drug-likeness (QED) is 0.488. The fourth-order valence-corrected chi connectivity index (χ4v) is 0.983. The van der Waals surface area contributed by atoms with E-state index in [1.165, 1.54) is 0 Å². The van der Waals surface area contributed by atoms with Crippen molar-refractivity contribution in [3.05, 3.63) is 0 Å². The molecule has 3 nitrogen and oxygen atoms in total. The summed E-state index contributed by atoms with van der Waals surface area (Å²) in [5, 5.41) is 2.54. The first-order chi connectivity index (χ1) is 5.65. The van der Waals surface area contributed by atoms with Crippen LogP contribution in [0.3, 0.4) is 0 Å². The van der Waals surface area contributed by atoms with E-state index in [4.69, 9.17) is 0 Å². The van der Waals surface area contributed by atoms with Gasteiger partial charge in [-0.05, 0) is 20.3 Å². The Morgan fingerprint density at radius 3 is 2.75 bits per heavy atom. The van der Waals surface area contributed by atoms with Gasteiger partial charge in [0.2, 0.25) is 5.91 Å². The molecule has 1 amide bonds. The molecule has 0 radical (unpaired) electrons. The van der Waals surface area contributed by atoms with E-state index >= 15 is 0 Å². The van der Waals surface area contributed by atoms with Crippen LogP contribution < -0.4 is 5.32 Å². The lowest BCUT2D eigenvalue weighted by molar-refractivity contribution is -0.121. The van der Waals surface area contributed by atoms with Gasteiger partial charge in [-0.25, -0.2) is 4.39 Å². The van der Waals surface area contributed by atoms with E-state index in [2.05, 4.69) is 10.3 Å². The molecule has 1 rings (SSSR count). The Labute approximate surface area is 71.1 Å². The molecule has 0 bridgehead atoms. The smallest absolute Gasteiger partial charge is 0.231 e. The van der Waals surface area contributed by atoms with Gasteiger partial charge in [-0.1, -0.05) is 0 Å². The molecule has 12 heavy (non-hydrogen) atoms. The zero-order valence-electron chi connectivity index (χ0n) is 7.30. The van der Waals surface area contributed by atoms with Crippen LogP contribution >= 0.6 is 0 Å². The summed E-state index contributed by atoms with van der Waals surface area (Å²) in [4.78, 5) is 15.0. The van der Waals surface area contributed by atoms with E-state index in [1.54, 1.807) is 6.92 Å². The number of carbonyl (C=O) groups excluding carboxylic acids is 1. The fraction of sp³-hybridized carbons (Fsp3) is 0.750. The predicted molar refractivity (Wildman–Crippen MR) is 44.8 cm³/mol. The van der Waals surface area contributed by atoms with Crippen molar-refractivity contribution in [1.82, 2.24) is 5.32 Å². The van der Waals surface area contributed by atoms with Crippen molar-refractivity contribution in [2.45, 2.75) is 26.4 Å². The predicted octanol–water partition coefficient (Wildman–Crippen LogP) is 0.899. The third kappa shape index (κ3) is 2.29. The van der Waals surface area contributed by atoms with Crippen molar-refractivity contribution in [3.63, 3.8) is 0 Å². The van der Waals surface area contributed by atoms with Gasteiger partial charge >= 0.3 is 0 Å². The van der Waals surface area contributed by atoms with E-state index in [9.17, 15) is 9.18 Å². The Hall–Kier alpha value is -0.930. The molecule has 0 heterocycles. The number of alkyl halides is 1. The van der Waals surface area contributed by atoms with Crippen LogP contribution in [0, 0.1) is 5.92 Å². The van der Waals surface area contributed by atoms with Crippen LogP contribution in [0.1, 0.15) is 20.3 Å². The first-order valence-electron chi connectivity index (χ1n) is 4.11. The maximum atomic E-state index is 12.4. The number of hydrogen-bond donors (Lipinski definition) is 1. The number of aliphatic imine (C=N–C) groups is 1. The van der Waals surface area contributed by atoms with Crippen LogP contribution in [-0.4, -0.2) is 24.5 Å². The van der Waals surface area contributed by atoms with Crippen LogP contribution in [0.25, 0.3) is 0 Å². The van der Waals surface area contributed by atoms with Crippen molar-refractivity contribution in [2.24, 2.45) is 10.9 Å². The van der Waals surface area contributed by atoms with Gasteiger partial charge in [-0.2, -0.15) is 0 Å². The minimum atomic E-state index is -0.931. The highest BCUT2D eigenvalue weighted by Crippen LogP contribution is 2.33. The van der Waals surface area contributed by atoms with Gasteiger partial charge < -0.3 is 5.32 Å². The third-order valence-electron chi connectivity index (χ3n) is 1.75. The maximum absolute atomic E-state index is 12.4. The van der Waals surface area contributed by atoms with Gasteiger partial charge in [0.15, 0.2) is 0 Å². The molecule has 0 aromatic heterocycles. The number of nitrogens with zero attached hydrogens (tertiary/aromatic N) is 1. The lowest BCUT2D eigenvalue weighted by Gasteiger charge is -2.01. The summed E-state index contributed by atoms with van der Waals surface area (Å²) < 4.78 is 12.4. The van der Waals surface area contributed by atoms with Gasteiger partial charge in [0.05, 0.1) is 11.8 Å². The van der Waals surface area contributed by atoms with Gasteiger partial charge in [-0.3, -0.25) is 9.79 Å². The molecule has 68 valence electrons. The third-order valence-corrected chi connectivity index (χ3v) is 1.75. The van der Waals surface area contributed by atoms with Crippen LogP contribution in [0.4, 0.5) is 4.39 Å². The van der Waals surface area contributed by atoms with Gasteiger partial charge in [0.25, 0.3) is 0 Å². The summed E-state index contributed by atoms with van der Waals surface area (Å²) >= 11 is 0. The summed E-state index contributed by atoms with van der Waals surface area (Å²) in [7, 11) is 0. The molecule has 0 saturated heterocycles. The van der Waals surface area contributed by atoms with Crippen LogP contribution in [0.2, 0.25) is 0 Å². The molecule has 1 fully saturated rings. The molecular weight excluding hydrogens is 159 g/mol. The molecular formula is C8H13FN2O. The molecule has 0 unspecified atom stereocenters. The number of halogens is 1. The molecule has 1 aliphatic rings. The average molecular weight is 172 g/mol. The molecule has 4 heteroatoms.